The van der Waals surface area contributed by atoms with E-state index in [1.807, 2.05) is 6.92 Å². The monoisotopic (exact) mass is 281 g/mol. The average molecular weight is 283 g/mol. The van der Waals surface area contributed by atoms with E-state index in [1.54, 1.807) is 11.0 Å². The first-order valence-corrected chi connectivity index (χ1v) is 5.78. The lowest BCUT2D eigenvalue weighted by Gasteiger charge is -2.37. The Bertz CT molecular complexity index is 412. The maximum Gasteiger partial charge on any atom is 0.207 e. The second-order valence-electron chi connectivity index (χ2n) is 3.58. The van der Waals surface area contributed by atoms with Crippen LogP contribution in [0.1, 0.15) is 12.5 Å². The third kappa shape index (κ3) is 2.24. The van der Waals surface area contributed by atoms with Gasteiger partial charge in [0, 0.05) is 0 Å². The Morgan fingerprint density at radius 3 is 2.88 bits per heavy atom. The van der Waals surface area contributed by atoms with Crippen LogP contribution in [0.15, 0.2) is 16.7 Å². The molecule has 16 heavy (non-hydrogen) atoms. The standard InChI is InChI=1S/C9H10Cl3N3O/c1-5-14-8-6(2-3-16-8)7(13)15(5)4-9(10,11)12/h2-3,5,13-14H,4H2,1H3/t5-/m0/s1. The highest BCUT2D eigenvalue weighted by molar-refractivity contribution is 6.67. The van der Waals surface area contributed by atoms with E-state index in [0.717, 1.165) is 0 Å². The van der Waals surface area contributed by atoms with Crippen molar-refractivity contribution in [2.24, 2.45) is 0 Å². The molecule has 0 bridgehead atoms. The Morgan fingerprint density at radius 1 is 1.56 bits per heavy atom. The molecular formula is C9H10Cl3N3O. The fourth-order valence-electron chi connectivity index (χ4n) is 1.63. The molecule has 2 heterocycles. The summed E-state index contributed by atoms with van der Waals surface area (Å²) < 4.78 is 3.78. The van der Waals surface area contributed by atoms with Crippen molar-refractivity contribution in [3.63, 3.8) is 0 Å². The molecule has 0 radical (unpaired) electrons. The number of alkyl halides is 3. The van der Waals surface area contributed by atoms with Gasteiger partial charge in [-0.15, -0.1) is 0 Å². The van der Waals surface area contributed by atoms with Gasteiger partial charge in [0.15, 0.2) is 0 Å². The second kappa shape index (κ2) is 4.02. The van der Waals surface area contributed by atoms with Crippen molar-refractivity contribution < 1.29 is 4.42 Å². The number of hydrogen-bond acceptors (Lipinski definition) is 3. The predicted octanol–water partition coefficient (Wildman–Crippen LogP) is 3.05. The summed E-state index contributed by atoms with van der Waals surface area (Å²) in [7, 11) is 0. The minimum atomic E-state index is -1.41. The molecule has 0 saturated carbocycles. The molecule has 1 aliphatic heterocycles. The molecule has 0 saturated heterocycles. The molecule has 2 N–H and O–H groups in total. The Balaban J connectivity index is 2.26. The number of nitrogens with one attached hydrogen (secondary N) is 2. The molecule has 0 aliphatic carbocycles. The quantitative estimate of drug-likeness (QED) is 0.778. The van der Waals surface area contributed by atoms with E-state index in [9.17, 15) is 0 Å². The first-order chi connectivity index (χ1) is 7.38. The number of fused-ring (bicyclic) bond motifs is 1. The SMILES string of the molecule is C[C@H]1Nc2occc2C(=N)N1CC(Cl)(Cl)Cl. The summed E-state index contributed by atoms with van der Waals surface area (Å²) in [5.41, 5.74) is 0.673. The fraction of sp³-hybridized carbons (Fsp3) is 0.444. The summed E-state index contributed by atoms with van der Waals surface area (Å²) in [5.74, 6) is 0.874. The van der Waals surface area contributed by atoms with E-state index in [0.29, 0.717) is 17.3 Å². The Hall–Kier alpha value is -0.580. The van der Waals surface area contributed by atoms with E-state index in [2.05, 4.69) is 5.32 Å². The van der Waals surface area contributed by atoms with Gasteiger partial charge in [-0.1, -0.05) is 34.8 Å². The third-order valence-corrected chi connectivity index (χ3v) is 2.72. The van der Waals surface area contributed by atoms with E-state index in [-0.39, 0.29) is 12.7 Å². The van der Waals surface area contributed by atoms with Gasteiger partial charge in [0.1, 0.15) is 12.0 Å². The molecule has 2 rings (SSSR count). The highest BCUT2D eigenvalue weighted by Gasteiger charge is 2.34. The number of hydrogen-bond donors (Lipinski definition) is 2. The summed E-state index contributed by atoms with van der Waals surface area (Å²) in [5, 5.41) is 11.1. The molecule has 1 aliphatic rings. The van der Waals surface area contributed by atoms with Crippen LogP contribution < -0.4 is 5.32 Å². The van der Waals surface area contributed by atoms with Crippen LogP contribution >= 0.6 is 34.8 Å². The van der Waals surface area contributed by atoms with Crippen molar-refractivity contribution in [2.45, 2.75) is 16.9 Å². The predicted molar refractivity (Wildman–Crippen MR) is 65.6 cm³/mol. The van der Waals surface area contributed by atoms with Crippen molar-refractivity contribution in [1.29, 1.82) is 5.41 Å². The molecular weight excluding hydrogens is 272 g/mol. The minimum absolute atomic E-state index is 0.148. The number of rotatable bonds is 1. The van der Waals surface area contributed by atoms with Gasteiger partial charge in [-0.2, -0.15) is 0 Å². The van der Waals surface area contributed by atoms with Crippen molar-refractivity contribution in [1.82, 2.24) is 4.90 Å². The molecule has 7 heteroatoms. The van der Waals surface area contributed by atoms with Crippen molar-refractivity contribution in [3.8, 4) is 0 Å². The van der Waals surface area contributed by atoms with E-state index in [4.69, 9.17) is 44.6 Å². The van der Waals surface area contributed by atoms with Crippen LogP contribution in [0.2, 0.25) is 0 Å². The average Bonchev–Trinajstić information content (AvgIpc) is 2.58. The molecule has 88 valence electrons. The van der Waals surface area contributed by atoms with E-state index < -0.39 is 3.79 Å². The highest BCUT2D eigenvalue weighted by atomic mass is 35.6. The van der Waals surface area contributed by atoms with E-state index >= 15 is 0 Å². The lowest BCUT2D eigenvalue weighted by atomic mass is 10.2. The number of nitrogens with zero attached hydrogens (tertiary/aromatic N) is 1. The summed E-state index contributed by atoms with van der Waals surface area (Å²) >= 11 is 17.2. The molecule has 1 atom stereocenters. The number of halogens is 3. The van der Waals surface area contributed by atoms with Crippen LogP contribution in [0.3, 0.4) is 0 Å². The van der Waals surface area contributed by atoms with Gasteiger partial charge in [0.05, 0.1) is 18.4 Å². The molecule has 0 aromatic carbocycles. The third-order valence-electron chi connectivity index (χ3n) is 2.36. The van der Waals surface area contributed by atoms with E-state index in [1.165, 1.54) is 6.26 Å². The topological polar surface area (TPSA) is 52.3 Å². The van der Waals surface area contributed by atoms with Gasteiger partial charge in [0.2, 0.25) is 9.68 Å². The maximum absolute atomic E-state index is 8.00. The van der Waals surface area contributed by atoms with Gasteiger partial charge in [-0.05, 0) is 13.0 Å². The number of furan rings is 1. The molecule has 0 amide bonds. The lowest BCUT2D eigenvalue weighted by Crippen LogP contribution is -2.49. The summed E-state index contributed by atoms with van der Waals surface area (Å²) in [6, 6.07) is 1.71. The molecule has 1 aromatic rings. The zero-order valence-electron chi connectivity index (χ0n) is 8.43. The molecule has 4 nitrogen and oxygen atoms in total. The molecule has 0 unspecified atom stereocenters. The van der Waals surface area contributed by atoms with Crippen LogP contribution in [0.5, 0.6) is 0 Å². The number of anilines is 1. The lowest BCUT2D eigenvalue weighted by molar-refractivity contribution is 0.348. The largest absolute Gasteiger partial charge is 0.448 e. The Morgan fingerprint density at radius 2 is 2.25 bits per heavy atom. The van der Waals surface area contributed by atoms with Crippen LogP contribution in [0.4, 0.5) is 5.88 Å². The summed E-state index contributed by atoms with van der Waals surface area (Å²) in [4.78, 5) is 1.67. The van der Waals surface area contributed by atoms with Gasteiger partial charge >= 0.3 is 0 Å². The maximum atomic E-state index is 8.00. The highest BCUT2D eigenvalue weighted by Crippen LogP contribution is 2.32. The van der Waals surface area contributed by atoms with Gasteiger partial charge in [0.25, 0.3) is 0 Å². The fourth-order valence-corrected chi connectivity index (χ4v) is 2.02. The van der Waals surface area contributed by atoms with Gasteiger partial charge < -0.3 is 14.6 Å². The smallest absolute Gasteiger partial charge is 0.207 e. The molecule has 0 fully saturated rings. The van der Waals surface area contributed by atoms with Crippen LogP contribution in [0.25, 0.3) is 0 Å². The summed E-state index contributed by atoms with van der Waals surface area (Å²) in [6.45, 7) is 2.02. The van der Waals surface area contributed by atoms with Crippen LogP contribution in [-0.2, 0) is 0 Å². The zero-order valence-corrected chi connectivity index (χ0v) is 10.7. The first kappa shape index (κ1) is 11.9. The van der Waals surface area contributed by atoms with Gasteiger partial charge in [-0.25, -0.2) is 0 Å². The Labute approximate surface area is 108 Å². The summed E-state index contributed by atoms with van der Waals surface area (Å²) in [6.07, 6.45) is 1.37. The van der Waals surface area contributed by atoms with Crippen molar-refractivity contribution in [2.75, 3.05) is 11.9 Å². The number of amidine groups is 1. The van der Waals surface area contributed by atoms with Crippen molar-refractivity contribution >= 4 is 46.5 Å². The second-order valence-corrected chi connectivity index (χ2v) is 6.09. The minimum Gasteiger partial charge on any atom is -0.448 e. The molecule has 1 aromatic heterocycles. The first-order valence-electron chi connectivity index (χ1n) is 4.65. The normalized spacial score (nSPS) is 20.6. The Kier molecular flexibility index (Phi) is 2.99. The van der Waals surface area contributed by atoms with Crippen molar-refractivity contribution in [3.05, 3.63) is 17.9 Å². The molecule has 0 spiro atoms. The van der Waals surface area contributed by atoms with Crippen LogP contribution in [0, 0.1) is 5.41 Å². The van der Waals surface area contributed by atoms with Gasteiger partial charge in [-0.3, -0.25) is 5.41 Å². The zero-order chi connectivity index (χ0) is 11.9. The van der Waals surface area contributed by atoms with Crippen LogP contribution in [-0.4, -0.2) is 27.2 Å².